The van der Waals surface area contributed by atoms with Gasteiger partial charge in [0, 0.05) is 20.1 Å². The summed E-state index contributed by atoms with van der Waals surface area (Å²) in [5.74, 6) is -0.314. The molecular formula is C19H23N3O3. The third kappa shape index (κ3) is 3.38. The van der Waals surface area contributed by atoms with E-state index in [0.29, 0.717) is 6.54 Å². The highest BCUT2D eigenvalue weighted by atomic mass is 16.3. The van der Waals surface area contributed by atoms with E-state index in [1.807, 2.05) is 45.2 Å². The van der Waals surface area contributed by atoms with Crippen LogP contribution in [-0.2, 0) is 4.79 Å². The summed E-state index contributed by atoms with van der Waals surface area (Å²) >= 11 is 0. The van der Waals surface area contributed by atoms with Crippen molar-refractivity contribution in [3.8, 4) is 0 Å². The lowest BCUT2D eigenvalue weighted by Crippen LogP contribution is -2.54. The molecule has 6 heteroatoms. The lowest BCUT2D eigenvalue weighted by Gasteiger charge is -2.38. The number of amides is 2. The Morgan fingerprint density at radius 3 is 2.44 bits per heavy atom. The fourth-order valence-corrected chi connectivity index (χ4v) is 3.04. The molecule has 1 atom stereocenters. The second-order valence-corrected chi connectivity index (χ2v) is 6.57. The topological polar surface area (TPSA) is 65.8 Å². The fraction of sp³-hybridized carbons (Fsp3) is 0.368. The summed E-state index contributed by atoms with van der Waals surface area (Å²) in [6, 6.07) is 10.4. The molecule has 0 radical (unpaired) electrons. The van der Waals surface area contributed by atoms with Crippen molar-refractivity contribution in [2.24, 2.45) is 5.92 Å². The van der Waals surface area contributed by atoms with Gasteiger partial charge >= 0.3 is 0 Å². The number of hydrogen-bond acceptors (Lipinski definition) is 4. The van der Waals surface area contributed by atoms with E-state index in [2.05, 4.69) is 10.2 Å². The maximum absolute atomic E-state index is 13.2. The van der Waals surface area contributed by atoms with Crippen molar-refractivity contribution in [3.05, 3.63) is 48.4 Å². The Kier molecular flexibility index (Phi) is 4.79. The maximum atomic E-state index is 13.2. The fourth-order valence-electron chi connectivity index (χ4n) is 3.04. The monoisotopic (exact) mass is 341 g/mol. The number of para-hydroxylation sites is 2. The average Bonchev–Trinajstić information content (AvgIpc) is 3.14. The van der Waals surface area contributed by atoms with Crippen LogP contribution in [0.1, 0.15) is 24.4 Å². The Morgan fingerprint density at radius 1 is 1.08 bits per heavy atom. The number of fused-ring (bicyclic) bond motifs is 1. The van der Waals surface area contributed by atoms with Crippen LogP contribution >= 0.6 is 0 Å². The zero-order valence-corrected chi connectivity index (χ0v) is 14.7. The first-order chi connectivity index (χ1) is 12.0. The van der Waals surface area contributed by atoms with Crippen LogP contribution in [-0.4, -0.2) is 38.0 Å². The van der Waals surface area contributed by atoms with Crippen LogP contribution in [0.4, 0.5) is 11.4 Å². The van der Waals surface area contributed by atoms with E-state index in [4.69, 9.17) is 4.42 Å². The van der Waals surface area contributed by atoms with Crippen LogP contribution in [0.15, 0.2) is 47.1 Å². The van der Waals surface area contributed by atoms with Crippen molar-refractivity contribution in [1.29, 1.82) is 0 Å². The van der Waals surface area contributed by atoms with Gasteiger partial charge in [0.25, 0.3) is 5.91 Å². The minimum absolute atomic E-state index is 0.0433. The van der Waals surface area contributed by atoms with Crippen molar-refractivity contribution >= 4 is 23.2 Å². The number of carbonyl (C=O) groups is 2. The van der Waals surface area contributed by atoms with Crippen LogP contribution in [0.25, 0.3) is 0 Å². The molecule has 132 valence electrons. The molecule has 2 amide bonds. The van der Waals surface area contributed by atoms with Crippen LogP contribution in [0.5, 0.6) is 0 Å². The molecule has 0 spiro atoms. The summed E-state index contributed by atoms with van der Waals surface area (Å²) in [5, 5.41) is 2.82. The minimum Gasteiger partial charge on any atom is -0.459 e. The van der Waals surface area contributed by atoms with Gasteiger partial charge in [-0.2, -0.15) is 0 Å². The van der Waals surface area contributed by atoms with Gasteiger partial charge in [0.15, 0.2) is 5.76 Å². The van der Waals surface area contributed by atoms with Crippen molar-refractivity contribution < 1.29 is 14.0 Å². The molecule has 25 heavy (non-hydrogen) atoms. The van der Waals surface area contributed by atoms with Crippen LogP contribution in [0.2, 0.25) is 0 Å². The van der Waals surface area contributed by atoms with Gasteiger partial charge in [-0.1, -0.05) is 26.0 Å². The summed E-state index contributed by atoms with van der Waals surface area (Å²) in [7, 11) is 2.01. The van der Waals surface area contributed by atoms with Gasteiger partial charge in [-0.25, -0.2) is 0 Å². The van der Waals surface area contributed by atoms with E-state index in [-0.39, 0.29) is 23.5 Å². The Hall–Kier alpha value is -2.76. The largest absolute Gasteiger partial charge is 0.459 e. The first kappa shape index (κ1) is 17.1. The highest BCUT2D eigenvalue weighted by Crippen LogP contribution is 2.32. The van der Waals surface area contributed by atoms with Crippen molar-refractivity contribution in [3.63, 3.8) is 0 Å². The summed E-state index contributed by atoms with van der Waals surface area (Å²) < 4.78 is 5.13. The number of carbonyl (C=O) groups excluding carboxylic acids is 2. The predicted octanol–water partition coefficient (Wildman–Crippen LogP) is 2.52. The Labute approximate surface area is 147 Å². The maximum Gasteiger partial charge on any atom is 0.287 e. The van der Waals surface area contributed by atoms with Crippen molar-refractivity contribution in [1.82, 2.24) is 5.32 Å². The van der Waals surface area contributed by atoms with Crippen LogP contribution in [0, 0.1) is 5.92 Å². The lowest BCUT2D eigenvalue weighted by atomic mass is 10.0. The third-order valence-electron chi connectivity index (χ3n) is 4.47. The normalized spacial score (nSPS) is 15.0. The SMILES string of the molecule is CC(C)C(NC(=O)c1ccco1)C(=O)N1CCN(C)c2ccccc21. The molecule has 0 bridgehead atoms. The zero-order chi connectivity index (χ0) is 18.0. The van der Waals surface area contributed by atoms with Gasteiger partial charge in [0.05, 0.1) is 17.6 Å². The van der Waals surface area contributed by atoms with Crippen LogP contribution < -0.4 is 15.1 Å². The number of rotatable bonds is 4. The summed E-state index contributed by atoms with van der Waals surface area (Å²) in [6.07, 6.45) is 1.44. The van der Waals surface area contributed by atoms with Gasteiger partial charge in [0.1, 0.15) is 6.04 Å². The molecule has 1 aromatic carbocycles. The van der Waals surface area contributed by atoms with E-state index < -0.39 is 6.04 Å². The molecule has 3 rings (SSSR count). The van der Waals surface area contributed by atoms with E-state index in [0.717, 1.165) is 17.9 Å². The predicted molar refractivity (Wildman–Crippen MR) is 96.9 cm³/mol. The van der Waals surface area contributed by atoms with Gasteiger partial charge in [-0.15, -0.1) is 0 Å². The highest BCUT2D eigenvalue weighted by Gasteiger charge is 2.33. The third-order valence-corrected chi connectivity index (χ3v) is 4.47. The first-order valence-corrected chi connectivity index (χ1v) is 8.45. The second kappa shape index (κ2) is 7.01. The number of nitrogens with one attached hydrogen (secondary N) is 1. The smallest absolute Gasteiger partial charge is 0.287 e. The Morgan fingerprint density at radius 2 is 1.80 bits per heavy atom. The minimum atomic E-state index is -0.617. The van der Waals surface area contributed by atoms with Crippen molar-refractivity contribution in [2.45, 2.75) is 19.9 Å². The van der Waals surface area contributed by atoms with Gasteiger partial charge in [0.2, 0.25) is 5.91 Å². The summed E-state index contributed by atoms with van der Waals surface area (Å²) in [5.41, 5.74) is 1.89. The molecule has 2 heterocycles. The number of benzene rings is 1. The lowest BCUT2D eigenvalue weighted by molar-refractivity contribution is -0.121. The van der Waals surface area contributed by atoms with Gasteiger partial charge in [-0.3, -0.25) is 9.59 Å². The molecule has 1 aromatic heterocycles. The average molecular weight is 341 g/mol. The molecule has 1 aliphatic rings. The molecular weight excluding hydrogens is 318 g/mol. The summed E-state index contributed by atoms with van der Waals surface area (Å²) in [4.78, 5) is 29.4. The molecule has 0 saturated heterocycles. The first-order valence-electron chi connectivity index (χ1n) is 8.45. The van der Waals surface area contributed by atoms with E-state index in [1.165, 1.54) is 6.26 Å². The molecule has 1 N–H and O–H groups in total. The standard InChI is InChI=1S/C19H23N3O3/c1-13(2)17(20-18(23)16-9-6-12-25-16)19(24)22-11-10-21(3)14-7-4-5-8-15(14)22/h4-9,12-13,17H,10-11H2,1-3H3,(H,20,23). The van der Waals surface area contributed by atoms with E-state index >= 15 is 0 Å². The summed E-state index contributed by atoms with van der Waals surface area (Å²) in [6.45, 7) is 5.19. The van der Waals surface area contributed by atoms with Crippen molar-refractivity contribution in [2.75, 3.05) is 29.9 Å². The van der Waals surface area contributed by atoms with Crippen LogP contribution in [0.3, 0.4) is 0 Å². The number of anilines is 2. The molecule has 1 aliphatic heterocycles. The van der Waals surface area contributed by atoms with E-state index in [1.54, 1.807) is 17.0 Å². The zero-order valence-electron chi connectivity index (χ0n) is 14.7. The molecule has 0 fully saturated rings. The molecule has 0 saturated carbocycles. The Balaban J connectivity index is 1.84. The van der Waals surface area contributed by atoms with E-state index in [9.17, 15) is 9.59 Å². The molecule has 6 nitrogen and oxygen atoms in total. The molecule has 2 aromatic rings. The number of nitrogens with zero attached hydrogens (tertiary/aromatic N) is 2. The highest BCUT2D eigenvalue weighted by molar-refractivity contribution is 6.04. The number of hydrogen-bond donors (Lipinski definition) is 1. The Bertz CT molecular complexity index is 755. The molecule has 0 aliphatic carbocycles. The molecule has 1 unspecified atom stereocenters. The number of furan rings is 1. The van der Waals surface area contributed by atoms with Gasteiger partial charge < -0.3 is 19.5 Å². The number of likely N-dealkylation sites (N-methyl/N-ethyl adjacent to an activating group) is 1. The quantitative estimate of drug-likeness (QED) is 0.928. The van der Waals surface area contributed by atoms with Gasteiger partial charge in [-0.05, 0) is 30.2 Å². The second-order valence-electron chi connectivity index (χ2n) is 6.57.